The van der Waals surface area contributed by atoms with Crippen molar-refractivity contribution in [2.75, 3.05) is 11.9 Å². The summed E-state index contributed by atoms with van der Waals surface area (Å²) >= 11 is 0. The van der Waals surface area contributed by atoms with Crippen molar-refractivity contribution >= 4 is 11.6 Å². The number of hydrogen-bond donors (Lipinski definition) is 1. The van der Waals surface area contributed by atoms with Gasteiger partial charge in [-0.15, -0.1) is 0 Å². The Morgan fingerprint density at radius 2 is 1.93 bits per heavy atom. The first-order chi connectivity index (χ1) is 13.3. The second kappa shape index (κ2) is 6.46. The Kier molecular flexibility index (Phi) is 3.81. The van der Waals surface area contributed by atoms with Gasteiger partial charge in [-0.25, -0.2) is 15.0 Å². The maximum Gasteiger partial charge on any atom is 0.223 e. The van der Waals surface area contributed by atoms with Gasteiger partial charge >= 0.3 is 0 Å². The lowest BCUT2D eigenvalue weighted by Gasteiger charge is -2.08. The van der Waals surface area contributed by atoms with Gasteiger partial charge in [-0.1, -0.05) is 12.1 Å². The first kappa shape index (κ1) is 15.9. The summed E-state index contributed by atoms with van der Waals surface area (Å²) in [4.78, 5) is 18.7. The van der Waals surface area contributed by atoms with Crippen LogP contribution in [0.15, 0.2) is 54.9 Å². The van der Waals surface area contributed by atoms with E-state index in [-0.39, 0.29) is 0 Å². The Morgan fingerprint density at radius 1 is 1.00 bits per heavy atom. The fourth-order valence-electron chi connectivity index (χ4n) is 3.23. The van der Waals surface area contributed by atoms with Gasteiger partial charge in [0.15, 0.2) is 0 Å². The summed E-state index contributed by atoms with van der Waals surface area (Å²) in [5.41, 5.74) is 5.28. The molecule has 0 amide bonds. The molecule has 4 heterocycles. The molecule has 1 aliphatic rings. The van der Waals surface area contributed by atoms with E-state index in [0.717, 1.165) is 46.6 Å². The maximum absolute atomic E-state index is 4.83. The van der Waals surface area contributed by atoms with Crippen LogP contribution in [0, 0.1) is 12.8 Å². The molecular formula is C21H20N6. The molecule has 27 heavy (non-hydrogen) atoms. The van der Waals surface area contributed by atoms with Gasteiger partial charge < -0.3 is 5.32 Å². The molecule has 0 saturated heterocycles. The molecule has 0 aromatic carbocycles. The molecule has 0 spiro atoms. The summed E-state index contributed by atoms with van der Waals surface area (Å²) < 4.78 is 2.06. The van der Waals surface area contributed by atoms with E-state index in [1.807, 2.05) is 55.6 Å². The third kappa shape index (κ3) is 3.14. The second-order valence-electron chi connectivity index (χ2n) is 6.99. The molecule has 0 bridgehead atoms. The summed E-state index contributed by atoms with van der Waals surface area (Å²) in [6.07, 6.45) is 6.40. The van der Waals surface area contributed by atoms with Gasteiger partial charge in [0, 0.05) is 24.6 Å². The lowest BCUT2D eigenvalue weighted by Crippen LogP contribution is -2.07. The SMILES string of the molecule is Cc1cccc(-c2nc3ccccn3c2-c2ccnc(NCC3CC3)n2)n1. The highest BCUT2D eigenvalue weighted by Gasteiger charge is 2.22. The molecule has 1 saturated carbocycles. The lowest BCUT2D eigenvalue weighted by atomic mass is 10.1. The number of imidazole rings is 1. The van der Waals surface area contributed by atoms with Gasteiger partial charge in [0.1, 0.15) is 17.0 Å². The van der Waals surface area contributed by atoms with Crippen LogP contribution >= 0.6 is 0 Å². The molecule has 0 aliphatic heterocycles. The standard InChI is InChI=1S/C21H20N6/c1-14-5-4-6-16(24-14)19-20(27-12-3-2-7-18(27)26-19)17-10-11-22-21(25-17)23-13-15-8-9-15/h2-7,10-12,15H,8-9,13H2,1H3,(H,22,23,25). The summed E-state index contributed by atoms with van der Waals surface area (Å²) in [6, 6.07) is 13.9. The van der Waals surface area contributed by atoms with Crippen LogP contribution in [0.25, 0.3) is 28.4 Å². The van der Waals surface area contributed by atoms with Crippen molar-refractivity contribution in [2.24, 2.45) is 5.92 Å². The van der Waals surface area contributed by atoms with Gasteiger partial charge in [-0.05, 0) is 56.0 Å². The number of rotatable bonds is 5. The molecule has 1 fully saturated rings. The monoisotopic (exact) mass is 356 g/mol. The average molecular weight is 356 g/mol. The number of anilines is 1. The second-order valence-corrected chi connectivity index (χ2v) is 6.99. The van der Waals surface area contributed by atoms with Crippen molar-refractivity contribution in [1.29, 1.82) is 0 Å². The van der Waals surface area contributed by atoms with Gasteiger partial charge in [0.2, 0.25) is 5.95 Å². The highest BCUT2D eigenvalue weighted by Crippen LogP contribution is 2.32. The van der Waals surface area contributed by atoms with Crippen LogP contribution in [-0.2, 0) is 0 Å². The zero-order valence-electron chi connectivity index (χ0n) is 15.1. The van der Waals surface area contributed by atoms with Crippen molar-refractivity contribution in [3.63, 3.8) is 0 Å². The number of pyridine rings is 2. The Hall–Kier alpha value is -3.28. The number of aromatic nitrogens is 5. The van der Waals surface area contributed by atoms with Crippen molar-refractivity contribution in [1.82, 2.24) is 24.3 Å². The van der Waals surface area contributed by atoms with Gasteiger partial charge in [-0.3, -0.25) is 9.38 Å². The number of nitrogens with zero attached hydrogens (tertiary/aromatic N) is 5. The summed E-state index contributed by atoms with van der Waals surface area (Å²) in [6.45, 7) is 2.92. The van der Waals surface area contributed by atoms with Gasteiger partial charge in [0.05, 0.1) is 11.4 Å². The molecule has 4 aromatic rings. The van der Waals surface area contributed by atoms with E-state index >= 15 is 0 Å². The molecule has 0 unspecified atom stereocenters. The number of hydrogen-bond acceptors (Lipinski definition) is 5. The zero-order valence-corrected chi connectivity index (χ0v) is 15.1. The zero-order chi connectivity index (χ0) is 18.2. The smallest absolute Gasteiger partial charge is 0.223 e. The van der Waals surface area contributed by atoms with Crippen LogP contribution in [0.4, 0.5) is 5.95 Å². The highest BCUT2D eigenvalue weighted by atomic mass is 15.1. The van der Waals surface area contributed by atoms with Crippen molar-refractivity contribution < 1.29 is 0 Å². The fourth-order valence-corrected chi connectivity index (χ4v) is 3.23. The van der Waals surface area contributed by atoms with Crippen LogP contribution in [0.5, 0.6) is 0 Å². The average Bonchev–Trinajstić information content (AvgIpc) is 3.44. The highest BCUT2D eigenvalue weighted by molar-refractivity contribution is 5.79. The van der Waals surface area contributed by atoms with E-state index in [2.05, 4.69) is 19.7 Å². The van der Waals surface area contributed by atoms with E-state index < -0.39 is 0 Å². The molecule has 1 aliphatic carbocycles. The molecule has 0 radical (unpaired) electrons. The Morgan fingerprint density at radius 3 is 2.78 bits per heavy atom. The van der Waals surface area contributed by atoms with Crippen LogP contribution in [-0.4, -0.2) is 30.9 Å². The molecule has 134 valence electrons. The van der Waals surface area contributed by atoms with Crippen molar-refractivity contribution in [3.05, 3.63) is 60.6 Å². The number of fused-ring (bicyclic) bond motifs is 1. The predicted octanol–water partition coefficient (Wildman–Crippen LogP) is 3.98. The Balaban J connectivity index is 1.65. The minimum Gasteiger partial charge on any atom is -0.354 e. The maximum atomic E-state index is 4.83. The van der Waals surface area contributed by atoms with E-state index in [1.54, 1.807) is 6.20 Å². The topological polar surface area (TPSA) is 68.0 Å². The molecule has 0 atom stereocenters. The molecular weight excluding hydrogens is 336 g/mol. The van der Waals surface area contributed by atoms with Gasteiger partial charge in [0.25, 0.3) is 0 Å². The van der Waals surface area contributed by atoms with Crippen molar-refractivity contribution in [3.8, 4) is 22.8 Å². The normalized spacial score (nSPS) is 13.8. The quantitative estimate of drug-likeness (QED) is 0.586. The molecule has 6 heteroatoms. The molecule has 6 nitrogen and oxygen atoms in total. The minimum atomic E-state index is 0.661. The summed E-state index contributed by atoms with van der Waals surface area (Å²) in [5.74, 6) is 1.42. The number of aryl methyl sites for hydroxylation is 1. The van der Waals surface area contributed by atoms with E-state index in [1.165, 1.54) is 12.8 Å². The minimum absolute atomic E-state index is 0.661. The summed E-state index contributed by atoms with van der Waals surface area (Å²) in [5, 5.41) is 3.36. The fraction of sp³-hybridized carbons (Fsp3) is 0.238. The van der Waals surface area contributed by atoms with E-state index in [4.69, 9.17) is 9.97 Å². The van der Waals surface area contributed by atoms with Gasteiger partial charge in [-0.2, -0.15) is 0 Å². The van der Waals surface area contributed by atoms with Crippen molar-refractivity contribution in [2.45, 2.75) is 19.8 Å². The lowest BCUT2D eigenvalue weighted by molar-refractivity contribution is 0.873. The van der Waals surface area contributed by atoms with E-state index in [9.17, 15) is 0 Å². The third-order valence-corrected chi connectivity index (χ3v) is 4.80. The predicted molar refractivity (Wildman–Crippen MR) is 105 cm³/mol. The van der Waals surface area contributed by atoms with Crippen LogP contribution in [0.2, 0.25) is 0 Å². The molecule has 1 N–H and O–H groups in total. The number of nitrogens with one attached hydrogen (secondary N) is 1. The Labute approximate surface area is 157 Å². The largest absolute Gasteiger partial charge is 0.354 e. The first-order valence-electron chi connectivity index (χ1n) is 9.26. The first-order valence-corrected chi connectivity index (χ1v) is 9.26. The van der Waals surface area contributed by atoms with Crippen LogP contribution in [0.1, 0.15) is 18.5 Å². The van der Waals surface area contributed by atoms with Crippen LogP contribution < -0.4 is 5.32 Å². The van der Waals surface area contributed by atoms with Crippen LogP contribution in [0.3, 0.4) is 0 Å². The molecule has 4 aromatic heterocycles. The Bertz CT molecular complexity index is 1110. The van der Waals surface area contributed by atoms with E-state index in [0.29, 0.717) is 5.95 Å². The molecule has 5 rings (SSSR count). The summed E-state index contributed by atoms with van der Waals surface area (Å²) in [7, 11) is 0. The third-order valence-electron chi connectivity index (χ3n) is 4.80.